The largest absolute Gasteiger partial charge is 0.443 e. The summed E-state index contributed by atoms with van der Waals surface area (Å²) in [4.78, 5) is 0. The molecule has 18 heavy (non-hydrogen) atoms. The molecule has 2 heterocycles. The molecule has 8 nitrogen and oxygen atoms in total. The van der Waals surface area contributed by atoms with Crippen molar-refractivity contribution in [3.63, 3.8) is 0 Å². The summed E-state index contributed by atoms with van der Waals surface area (Å²) in [6.45, 7) is 1.15. The number of aromatic nitrogens is 1. The van der Waals surface area contributed by atoms with E-state index in [9.17, 15) is 15.3 Å². The van der Waals surface area contributed by atoms with E-state index < -0.39 is 37.3 Å². The van der Waals surface area contributed by atoms with Gasteiger partial charge in [-0.1, -0.05) is 0 Å². The number of aliphatic hydroxyl groups excluding tert-OH is 4. The zero-order valence-corrected chi connectivity index (χ0v) is 9.63. The minimum atomic E-state index is -1.48. The maximum absolute atomic E-state index is 9.69. The third-order valence-electron chi connectivity index (χ3n) is 2.69. The number of hydrogen-bond acceptors (Lipinski definition) is 8. The number of ether oxygens (including phenoxy) is 2. The number of aryl methyl sites for hydroxylation is 1. The molecule has 0 aliphatic carbocycles. The zero-order valence-electron chi connectivity index (χ0n) is 9.63. The molecule has 8 heteroatoms. The molecule has 1 saturated heterocycles. The van der Waals surface area contributed by atoms with Crippen LogP contribution in [0.2, 0.25) is 0 Å². The summed E-state index contributed by atoms with van der Waals surface area (Å²) in [7, 11) is 0. The molecule has 1 fully saturated rings. The van der Waals surface area contributed by atoms with E-state index in [1.807, 2.05) is 0 Å². The molecule has 0 spiro atoms. The van der Waals surface area contributed by atoms with Crippen LogP contribution in [0, 0.1) is 6.92 Å². The fourth-order valence-corrected chi connectivity index (χ4v) is 1.68. The normalized spacial score (nSPS) is 36.6. The van der Waals surface area contributed by atoms with Gasteiger partial charge in [-0.05, 0) is 12.1 Å². The van der Waals surface area contributed by atoms with Crippen molar-refractivity contribution in [1.82, 2.24) is 5.16 Å². The Morgan fingerprint density at radius 3 is 2.56 bits per heavy atom. The number of nitrogens with zero attached hydrogens (tertiary/aromatic N) is 1. The Morgan fingerprint density at radius 1 is 1.28 bits per heavy atom. The lowest BCUT2D eigenvalue weighted by Gasteiger charge is -2.39. The van der Waals surface area contributed by atoms with Crippen LogP contribution in [0.4, 0.5) is 0 Å². The maximum atomic E-state index is 9.69. The van der Waals surface area contributed by atoms with E-state index in [-0.39, 0.29) is 5.88 Å². The van der Waals surface area contributed by atoms with Gasteiger partial charge in [-0.25, -0.2) is 0 Å². The lowest BCUT2D eigenvalue weighted by molar-refractivity contribution is -0.278. The molecule has 0 saturated carbocycles. The van der Waals surface area contributed by atoms with Gasteiger partial charge in [-0.3, -0.25) is 0 Å². The first-order chi connectivity index (χ1) is 8.52. The summed E-state index contributed by atoms with van der Waals surface area (Å²) < 4.78 is 15.1. The molecule has 1 aliphatic rings. The second kappa shape index (κ2) is 5.21. The van der Waals surface area contributed by atoms with Crippen LogP contribution < -0.4 is 4.74 Å². The second-order valence-corrected chi connectivity index (χ2v) is 4.09. The summed E-state index contributed by atoms with van der Waals surface area (Å²) in [5.41, 5.74) is 0. The maximum Gasteiger partial charge on any atom is 0.256 e. The molecular weight excluding hydrogens is 246 g/mol. The highest BCUT2D eigenvalue weighted by Crippen LogP contribution is 2.23. The first-order valence-corrected chi connectivity index (χ1v) is 5.43. The number of rotatable bonds is 3. The molecule has 2 rings (SSSR count). The third-order valence-corrected chi connectivity index (χ3v) is 2.69. The molecule has 1 aromatic heterocycles. The summed E-state index contributed by atoms with van der Waals surface area (Å²) in [5, 5.41) is 41.3. The lowest BCUT2D eigenvalue weighted by Crippen LogP contribution is -2.60. The molecule has 102 valence electrons. The van der Waals surface area contributed by atoms with Gasteiger partial charge in [0.2, 0.25) is 6.29 Å². The van der Waals surface area contributed by atoms with Crippen molar-refractivity contribution in [2.24, 2.45) is 0 Å². The van der Waals surface area contributed by atoms with Crippen LogP contribution in [0.25, 0.3) is 0 Å². The summed E-state index contributed by atoms with van der Waals surface area (Å²) in [5.74, 6) is 0.589. The summed E-state index contributed by atoms with van der Waals surface area (Å²) in [6.07, 6.45) is -6.61. The quantitative estimate of drug-likeness (QED) is 0.500. The molecular formula is C10H15NO7. The lowest BCUT2D eigenvalue weighted by atomic mass is 9.99. The van der Waals surface area contributed by atoms with Gasteiger partial charge in [-0.15, -0.1) is 0 Å². The van der Waals surface area contributed by atoms with Gasteiger partial charge in [0, 0.05) is 6.07 Å². The highest BCUT2D eigenvalue weighted by atomic mass is 16.7. The van der Waals surface area contributed by atoms with Gasteiger partial charge in [0.25, 0.3) is 5.88 Å². The van der Waals surface area contributed by atoms with Gasteiger partial charge < -0.3 is 34.4 Å². The van der Waals surface area contributed by atoms with Crippen LogP contribution in [-0.2, 0) is 4.74 Å². The van der Waals surface area contributed by atoms with E-state index >= 15 is 0 Å². The van der Waals surface area contributed by atoms with Crippen LogP contribution in [0.3, 0.4) is 0 Å². The first-order valence-electron chi connectivity index (χ1n) is 5.43. The van der Waals surface area contributed by atoms with Crippen molar-refractivity contribution in [3.8, 4) is 5.88 Å². The van der Waals surface area contributed by atoms with Crippen LogP contribution in [0.5, 0.6) is 5.88 Å². The topological polar surface area (TPSA) is 125 Å². The third kappa shape index (κ3) is 2.47. The van der Waals surface area contributed by atoms with Crippen molar-refractivity contribution >= 4 is 0 Å². The Bertz CT molecular complexity index is 393. The van der Waals surface area contributed by atoms with Gasteiger partial charge in [0.05, 0.1) is 6.61 Å². The summed E-state index contributed by atoms with van der Waals surface area (Å²) >= 11 is 0. The minimum absolute atomic E-state index is 0.0804. The van der Waals surface area contributed by atoms with Gasteiger partial charge in [-0.2, -0.15) is 0 Å². The van der Waals surface area contributed by atoms with E-state index in [0.29, 0.717) is 5.76 Å². The average molecular weight is 261 g/mol. The standard InChI is InChI=1S/C10H15NO7/c1-4-2-6(11-18-4)17-10-9(15)8(14)7(13)5(3-12)16-10/h2,5,7-10,12-15H,3H2,1H3/t5-,7-,8+,9-,10-/m1/s1. The van der Waals surface area contributed by atoms with E-state index in [0.717, 1.165) is 0 Å². The zero-order chi connectivity index (χ0) is 13.3. The van der Waals surface area contributed by atoms with E-state index in [1.54, 1.807) is 6.92 Å². The SMILES string of the molecule is Cc1cc(O[C@H]2O[C@H](CO)[C@@H](O)[C@H](O)[C@H]2O)no1. The number of aliphatic hydroxyl groups is 4. The molecule has 0 amide bonds. The van der Waals surface area contributed by atoms with Crippen LogP contribution in [0.15, 0.2) is 10.6 Å². The van der Waals surface area contributed by atoms with E-state index in [4.69, 9.17) is 19.1 Å². The Hall–Kier alpha value is -1.19. The molecule has 0 unspecified atom stereocenters. The van der Waals surface area contributed by atoms with Gasteiger partial charge >= 0.3 is 0 Å². The van der Waals surface area contributed by atoms with Crippen molar-refractivity contribution in [2.75, 3.05) is 6.61 Å². The smallest absolute Gasteiger partial charge is 0.256 e. The van der Waals surface area contributed by atoms with E-state index in [2.05, 4.69) is 5.16 Å². The second-order valence-electron chi connectivity index (χ2n) is 4.09. The summed E-state index contributed by atoms with van der Waals surface area (Å²) in [6, 6.07) is 1.47. The Morgan fingerprint density at radius 2 is 2.00 bits per heavy atom. The van der Waals surface area contributed by atoms with Crippen LogP contribution in [-0.4, -0.2) is 62.9 Å². The predicted molar refractivity (Wildman–Crippen MR) is 55.6 cm³/mol. The minimum Gasteiger partial charge on any atom is -0.443 e. The molecule has 1 aliphatic heterocycles. The van der Waals surface area contributed by atoms with Crippen molar-refractivity contribution in [3.05, 3.63) is 11.8 Å². The average Bonchev–Trinajstić information content (AvgIpc) is 2.75. The van der Waals surface area contributed by atoms with Crippen molar-refractivity contribution in [2.45, 2.75) is 37.6 Å². The van der Waals surface area contributed by atoms with Crippen LogP contribution in [0.1, 0.15) is 5.76 Å². The Labute approximate surface area is 102 Å². The van der Waals surface area contributed by atoms with E-state index in [1.165, 1.54) is 6.07 Å². The molecule has 0 radical (unpaired) electrons. The molecule has 1 aromatic rings. The molecule has 5 atom stereocenters. The first kappa shape index (κ1) is 13.2. The van der Waals surface area contributed by atoms with Gasteiger partial charge in [0.15, 0.2) is 0 Å². The Kier molecular flexibility index (Phi) is 3.83. The monoisotopic (exact) mass is 261 g/mol. The van der Waals surface area contributed by atoms with Crippen molar-refractivity contribution < 1.29 is 34.4 Å². The number of hydrogen-bond donors (Lipinski definition) is 4. The fourth-order valence-electron chi connectivity index (χ4n) is 1.68. The molecule has 4 N–H and O–H groups in total. The molecule has 0 bridgehead atoms. The molecule has 0 aromatic carbocycles. The Balaban J connectivity index is 2.07. The van der Waals surface area contributed by atoms with Crippen LogP contribution >= 0.6 is 0 Å². The van der Waals surface area contributed by atoms with Gasteiger partial charge in [0.1, 0.15) is 30.2 Å². The van der Waals surface area contributed by atoms with Crippen molar-refractivity contribution in [1.29, 1.82) is 0 Å². The highest BCUT2D eigenvalue weighted by Gasteiger charge is 2.44. The fraction of sp³-hybridized carbons (Fsp3) is 0.700. The predicted octanol–water partition coefficient (Wildman–Crippen LogP) is -1.84. The highest BCUT2D eigenvalue weighted by molar-refractivity contribution is 5.10.